The first-order valence-corrected chi connectivity index (χ1v) is 4.89. The number of esters is 1. The number of hydrogen-bond donors (Lipinski definition) is 0. The van der Waals surface area contributed by atoms with Crippen molar-refractivity contribution in [2.45, 2.75) is 13.8 Å². The van der Waals surface area contributed by atoms with Gasteiger partial charge in [-0.05, 0) is 19.4 Å². The van der Waals surface area contributed by atoms with Crippen LogP contribution in [0.25, 0.3) is 0 Å². The van der Waals surface area contributed by atoms with Crippen molar-refractivity contribution in [1.82, 2.24) is 4.90 Å². The first-order valence-electron chi connectivity index (χ1n) is 4.89. The number of likely N-dealkylation sites (tertiary alicyclic amines) is 1. The predicted molar refractivity (Wildman–Crippen MR) is 56.1 cm³/mol. The number of allylic oxidation sites excluding steroid dienone is 1. The van der Waals surface area contributed by atoms with Crippen LogP contribution < -0.4 is 0 Å². The van der Waals surface area contributed by atoms with E-state index in [1.165, 1.54) is 4.90 Å². The molecule has 15 heavy (non-hydrogen) atoms. The SMILES string of the molecule is C=C1CN(CC(=O)OCC)C(=O)/C1=C/C. The van der Waals surface area contributed by atoms with Crippen molar-refractivity contribution < 1.29 is 14.3 Å². The molecular weight excluding hydrogens is 194 g/mol. The maximum Gasteiger partial charge on any atom is 0.325 e. The molecule has 0 bridgehead atoms. The Morgan fingerprint density at radius 1 is 1.67 bits per heavy atom. The molecule has 0 aromatic heterocycles. The van der Waals surface area contributed by atoms with E-state index in [2.05, 4.69) is 6.58 Å². The molecule has 1 amide bonds. The molecule has 1 saturated heterocycles. The topological polar surface area (TPSA) is 46.6 Å². The zero-order valence-corrected chi connectivity index (χ0v) is 9.08. The lowest BCUT2D eigenvalue weighted by atomic mass is 10.1. The van der Waals surface area contributed by atoms with Crippen LogP contribution in [0, 0.1) is 0 Å². The fraction of sp³-hybridized carbons (Fsp3) is 0.455. The van der Waals surface area contributed by atoms with Crippen LogP contribution in [0.1, 0.15) is 13.8 Å². The van der Waals surface area contributed by atoms with Gasteiger partial charge in [-0.1, -0.05) is 12.7 Å². The summed E-state index contributed by atoms with van der Waals surface area (Å²) in [7, 11) is 0. The van der Waals surface area contributed by atoms with Gasteiger partial charge in [-0.3, -0.25) is 9.59 Å². The van der Waals surface area contributed by atoms with Crippen LogP contribution in [-0.2, 0) is 14.3 Å². The lowest BCUT2D eigenvalue weighted by molar-refractivity contribution is -0.147. The number of rotatable bonds is 3. The van der Waals surface area contributed by atoms with E-state index in [9.17, 15) is 9.59 Å². The van der Waals surface area contributed by atoms with Gasteiger partial charge in [0.15, 0.2) is 0 Å². The van der Waals surface area contributed by atoms with Gasteiger partial charge in [-0.15, -0.1) is 0 Å². The van der Waals surface area contributed by atoms with Gasteiger partial charge in [0.05, 0.1) is 6.61 Å². The van der Waals surface area contributed by atoms with Crippen molar-refractivity contribution in [1.29, 1.82) is 0 Å². The predicted octanol–water partition coefficient (Wildman–Crippen LogP) is 0.894. The molecule has 0 atom stereocenters. The van der Waals surface area contributed by atoms with Crippen LogP contribution >= 0.6 is 0 Å². The second-order valence-corrected chi connectivity index (χ2v) is 3.27. The van der Waals surface area contributed by atoms with Crippen LogP contribution in [0.15, 0.2) is 23.8 Å². The van der Waals surface area contributed by atoms with Gasteiger partial charge >= 0.3 is 5.97 Å². The average Bonchev–Trinajstić information content (AvgIpc) is 2.42. The molecular formula is C11H15NO3. The van der Waals surface area contributed by atoms with Crippen molar-refractivity contribution in [3.05, 3.63) is 23.8 Å². The molecule has 0 radical (unpaired) electrons. The van der Waals surface area contributed by atoms with Crippen LogP contribution in [0.2, 0.25) is 0 Å². The van der Waals surface area contributed by atoms with Gasteiger partial charge in [-0.25, -0.2) is 0 Å². The van der Waals surface area contributed by atoms with Gasteiger partial charge in [0, 0.05) is 12.1 Å². The molecule has 0 N–H and O–H groups in total. The Labute approximate surface area is 89.2 Å². The molecule has 1 aliphatic rings. The molecule has 0 aliphatic carbocycles. The highest BCUT2D eigenvalue weighted by molar-refractivity contribution is 6.02. The molecule has 82 valence electrons. The standard InChI is InChI=1S/C11H15NO3/c1-4-9-8(3)6-12(11(9)14)7-10(13)15-5-2/h4H,3,5-7H2,1-2H3/b9-4+. The van der Waals surface area contributed by atoms with Crippen molar-refractivity contribution in [3.63, 3.8) is 0 Å². The molecule has 0 aromatic rings. The molecule has 1 rings (SSSR count). The van der Waals surface area contributed by atoms with Crippen LogP contribution in [-0.4, -0.2) is 36.5 Å². The van der Waals surface area contributed by atoms with Crippen molar-refractivity contribution in [2.75, 3.05) is 19.7 Å². The highest BCUT2D eigenvalue weighted by Gasteiger charge is 2.29. The zero-order valence-electron chi connectivity index (χ0n) is 9.08. The lowest BCUT2D eigenvalue weighted by Gasteiger charge is -2.13. The van der Waals surface area contributed by atoms with E-state index in [1.54, 1.807) is 19.9 Å². The number of carbonyl (C=O) groups excluding carboxylic acids is 2. The quantitative estimate of drug-likeness (QED) is 0.512. The highest BCUT2D eigenvalue weighted by atomic mass is 16.5. The summed E-state index contributed by atoms with van der Waals surface area (Å²) in [4.78, 5) is 24.3. The van der Waals surface area contributed by atoms with E-state index in [4.69, 9.17) is 4.74 Å². The smallest absolute Gasteiger partial charge is 0.325 e. The Morgan fingerprint density at radius 3 is 2.80 bits per heavy atom. The van der Waals surface area contributed by atoms with E-state index in [0.717, 1.165) is 5.57 Å². The summed E-state index contributed by atoms with van der Waals surface area (Å²) in [5, 5.41) is 0. The molecule has 4 nitrogen and oxygen atoms in total. The minimum absolute atomic E-state index is 0.00301. The average molecular weight is 209 g/mol. The summed E-state index contributed by atoms with van der Waals surface area (Å²) >= 11 is 0. The number of hydrogen-bond acceptors (Lipinski definition) is 3. The number of nitrogens with zero attached hydrogens (tertiary/aromatic N) is 1. The number of carbonyl (C=O) groups is 2. The fourth-order valence-corrected chi connectivity index (χ4v) is 1.53. The third-order valence-electron chi connectivity index (χ3n) is 2.19. The molecule has 0 spiro atoms. The van der Waals surface area contributed by atoms with Crippen molar-refractivity contribution in [3.8, 4) is 0 Å². The zero-order chi connectivity index (χ0) is 11.4. The fourth-order valence-electron chi connectivity index (χ4n) is 1.53. The third kappa shape index (κ3) is 2.46. The third-order valence-corrected chi connectivity index (χ3v) is 2.19. The van der Waals surface area contributed by atoms with Gasteiger partial charge in [-0.2, -0.15) is 0 Å². The van der Waals surface area contributed by atoms with E-state index >= 15 is 0 Å². The molecule has 1 fully saturated rings. The van der Waals surface area contributed by atoms with E-state index in [0.29, 0.717) is 18.7 Å². The van der Waals surface area contributed by atoms with E-state index in [-0.39, 0.29) is 18.4 Å². The van der Waals surface area contributed by atoms with Crippen molar-refractivity contribution in [2.24, 2.45) is 0 Å². The molecule has 1 heterocycles. The van der Waals surface area contributed by atoms with E-state index < -0.39 is 0 Å². The van der Waals surface area contributed by atoms with Gasteiger partial charge in [0.1, 0.15) is 6.54 Å². The molecule has 1 aliphatic heterocycles. The normalized spacial score (nSPS) is 18.8. The Kier molecular flexibility index (Phi) is 3.66. The van der Waals surface area contributed by atoms with Gasteiger partial charge in [0.25, 0.3) is 5.91 Å². The second kappa shape index (κ2) is 4.77. The Morgan fingerprint density at radius 2 is 2.33 bits per heavy atom. The maximum absolute atomic E-state index is 11.7. The summed E-state index contributed by atoms with van der Waals surface area (Å²) < 4.78 is 4.77. The first-order chi connectivity index (χ1) is 7.10. The number of amides is 1. The maximum atomic E-state index is 11.7. The summed E-state index contributed by atoms with van der Waals surface area (Å²) in [5.41, 5.74) is 1.35. The highest BCUT2D eigenvalue weighted by Crippen LogP contribution is 2.21. The lowest BCUT2D eigenvalue weighted by Crippen LogP contribution is -2.32. The minimum atomic E-state index is -0.379. The molecule has 0 aromatic carbocycles. The molecule has 0 unspecified atom stereocenters. The first kappa shape index (κ1) is 11.5. The molecule has 0 saturated carbocycles. The van der Waals surface area contributed by atoms with Gasteiger partial charge in [0.2, 0.25) is 0 Å². The summed E-state index contributed by atoms with van der Waals surface area (Å²) in [6, 6.07) is 0. The van der Waals surface area contributed by atoms with Crippen LogP contribution in [0.5, 0.6) is 0 Å². The largest absolute Gasteiger partial charge is 0.465 e. The Hall–Kier alpha value is -1.58. The van der Waals surface area contributed by atoms with Gasteiger partial charge < -0.3 is 9.64 Å². The Bertz CT molecular complexity index is 331. The van der Waals surface area contributed by atoms with E-state index in [1.807, 2.05) is 0 Å². The summed E-state index contributed by atoms with van der Waals surface area (Å²) in [6.45, 7) is 8.05. The number of ether oxygens (including phenoxy) is 1. The minimum Gasteiger partial charge on any atom is -0.465 e. The molecule has 4 heteroatoms. The Balaban J connectivity index is 2.64. The monoisotopic (exact) mass is 209 g/mol. The van der Waals surface area contributed by atoms with Crippen LogP contribution in [0.4, 0.5) is 0 Å². The summed E-state index contributed by atoms with van der Waals surface area (Å²) in [6.07, 6.45) is 1.72. The van der Waals surface area contributed by atoms with Crippen LogP contribution in [0.3, 0.4) is 0 Å². The second-order valence-electron chi connectivity index (χ2n) is 3.27. The van der Waals surface area contributed by atoms with Crippen molar-refractivity contribution >= 4 is 11.9 Å². The summed E-state index contributed by atoms with van der Waals surface area (Å²) in [5.74, 6) is -0.522.